The first-order valence-electron chi connectivity index (χ1n) is 8.24. The Morgan fingerprint density at radius 1 is 1.09 bits per heavy atom. The summed E-state index contributed by atoms with van der Waals surface area (Å²) in [5.41, 5.74) is 2.60. The second-order valence-electron chi connectivity index (χ2n) is 6.10. The Labute approximate surface area is 142 Å². The average Bonchev–Trinajstić information content (AvgIpc) is 2.58. The lowest BCUT2D eigenvalue weighted by atomic mass is 9.95. The molecule has 120 valence electrons. The molecule has 2 aromatic carbocycles. The SMILES string of the molecule is C[C@H](SCc1ccccc1)C(=O)N1CC[C@@H]1Cc1ccccc1. The maximum atomic E-state index is 12.7. The zero-order valence-corrected chi connectivity index (χ0v) is 14.3. The maximum Gasteiger partial charge on any atom is 0.235 e. The largest absolute Gasteiger partial charge is 0.338 e. The molecule has 0 radical (unpaired) electrons. The molecule has 0 spiro atoms. The molecular formula is C20H23NOS. The highest BCUT2D eigenvalue weighted by atomic mass is 32.2. The van der Waals surface area contributed by atoms with E-state index in [0.717, 1.165) is 25.1 Å². The minimum absolute atomic E-state index is 0.0220. The first kappa shape index (κ1) is 16.1. The Kier molecular flexibility index (Phi) is 5.39. The van der Waals surface area contributed by atoms with E-state index in [-0.39, 0.29) is 11.2 Å². The summed E-state index contributed by atoms with van der Waals surface area (Å²) < 4.78 is 0. The molecule has 0 aromatic heterocycles. The van der Waals surface area contributed by atoms with Gasteiger partial charge in [0.05, 0.1) is 5.25 Å². The van der Waals surface area contributed by atoms with Crippen molar-refractivity contribution in [2.45, 2.75) is 36.8 Å². The van der Waals surface area contributed by atoms with Crippen LogP contribution in [0.2, 0.25) is 0 Å². The van der Waals surface area contributed by atoms with E-state index in [9.17, 15) is 4.79 Å². The van der Waals surface area contributed by atoms with Crippen molar-refractivity contribution in [3.05, 3.63) is 71.8 Å². The molecule has 1 heterocycles. The Morgan fingerprint density at radius 2 is 1.70 bits per heavy atom. The number of rotatable bonds is 6. The van der Waals surface area contributed by atoms with Crippen LogP contribution in [0.4, 0.5) is 0 Å². The molecule has 23 heavy (non-hydrogen) atoms. The summed E-state index contributed by atoms with van der Waals surface area (Å²) in [6.07, 6.45) is 2.10. The number of carbonyl (C=O) groups is 1. The van der Waals surface area contributed by atoms with Crippen LogP contribution in [0.5, 0.6) is 0 Å². The van der Waals surface area contributed by atoms with E-state index < -0.39 is 0 Å². The summed E-state index contributed by atoms with van der Waals surface area (Å²) in [7, 11) is 0. The average molecular weight is 325 g/mol. The second-order valence-corrected chi connectivity index (χ2v) is 7.43. The van der Waals surface area contributed by atoms with Gasteiger partial charge in [-0.3, -0.25) is 4.79 Å². The third-order valence-corrected chi connectivity index (χ3v) is 5.63. The Balaban J connectivity index is 1.51. The molecule has 1 amide bonds. The van der Waals surface area contributed by atoms with Crippen LogP contribution in [0.15, 0.2) is 60.7 Å². The quantitative estimate of drug-likeness (QED) is 0.795. The third-order valence-electron chi connectivity index (χ3n) is 4.43. The molecule has 2 nitrogen and oxygen atoms in total. The number of hydrogen-bond acceptors (Lipinski definition) is 2. The fourth-order valence-corrected chi connectivity index (χ4v) is 3.84. The number of carbonyl (C=O) groups excluding carboxylic acids is 1. The van der Waals surface area contributed by atoms with E-state index >= 15 is 0 Å². The van der Waals surface area contributed by atoms with E-state index in [4.69, 9.17) is 0 Å². The molecule has 1 fully saturated rings. The van der Waals surface area contributed by atoms with Crippen molar-refractivity contribution in [1.82, 2.24) is 4.90 Å². The van der Waals surface area contributed by atoms with Gasteiger partial charge in [-0.05, 0) is 30.9 Å². The highest BCUT2D eigenvalue weighted by Crippen LogP contribution is 2.26. The van der Waals surface area contributed by atoms with Gasteiger partial charge in [0, 0.05) is 18.3 Å². The summed E-state index contributed by atoms with van der Waals surface area (Å²) in [5.74, 6) is 1.18. The lowest BCUT2D eigenvalue weighted by Gasteiger charge is -2.42. The lowest BCUT2D eigenvalue weighted by Crippen LogP contribution is -2.54. The van der Waals surface area contributed by atoms with Gasteiger partial charge >= 0.3 is 0 Å². The van der Waals surface area contributed by atoms with Crippen LogP contribution in [0, 0.1) is 0 Å². The standard InChI is InChI=1S/C20H23NOS/c1-16(23-15-18-10-6-3-7-11-18)20(22)21-13-12-19(21)14-17-8-4-2-5-9-17/h2-11,16,19H,12-15H2,1H3/t16-,19+/m0/s1. The van der Waals surface area contributed by atoms with Crippen LogP contribution >= 0.6 is 11.8 Å². The fourth-order valence-electron chi connectivity index (χ4n) is 2.93. The van der Waals surface area contributed by atoms with Gasteiger partial charge in [0.1, 0.15) is 0 Å². The molecule has 2 aromatic rings. The minimum Gasteiger partial charge on any atom is -0.338 e. The van der Waals surface area contributed by atoms with E-state index in [2.05, 4.69) is 41.3 Å². The summed E-state index contributed by atoms with van der Waals surface area (Å²) in [5, 5.41) is 0.0220. The molecule has 3 heteroatoms. The smallest absolute Gasteiger partial charge is 0.235 e. The fraction of sp³-hybridized carbons (Fsp3) is 0.350. The Hall–Kier alpha value is -1.74. The molecule has 0 bridgehead atoms. The Bertz CT molecular complexity index is 629. The zero-order valence-electron chi connectivity index (χ0n) is 13.5. The van der Waals surface area contributed by atoms with Crippen molar-refractivity contribution in [2.75, 3.05) is 6.54 Å². The van der Waals surface area contributed by atoms with Crippen molar-refractivity contribution in [3.8, 4) is 0 Å². The van der Waals surface area contributed by atoms with Gasteiger partial charge in [-0.1, -0.05) is 60.7 Å². The first-order chi connectivity index (χ1) is 11.2. The van der Waals surface area contributed by atoms with E-state index in [1.165, 1.54) is 11.1 Å². The van der Waals surface area contributed by atoms with Gasteiger partial charge in [0.15, 0.2) is 0 Å². The third kappa shape index (κ3) is 4.17. The minimum atomic E-state index is 0.0220. The summed E-state index contributed by atoms with van der Waals surface area (Å²) in [4.78, 5) is 14.7. The van der Waals surface area contributed by atoms with Gasteiger partial charge in [-0.2, -0.15) is 0 Å². The van der Waals surface area contributed by atoms with Crippen LogP contribution in [-0.2, 0) is 17.0 Å². The van der Waals surface area contributed by atoms with Gasteiger partial charge in [-0.25, -0.2) is 0 Å². The van der Waals surface area contributed by atoms with Crippen LogP contribution in [0.3, 0.4) is 0 Å². The zero-order chi connectivity index (χ0) is 16.1. The molecule has 0 N–H and O–H groups in total. The van der Waals surface area contributed by atoms with Crippen molar-refractivity contribution in [1.29, 1.82) is 0 Å². The highest BCUT2D eigenvalue weighted by molar-refractivity contribution is 7.99. The topological polar surface area (TPSA) is 20.3 Å². The van der Waals surface area contributed by atoms with Gasteiger partial charge < -0.3 is 4.90 Å². The normalized spacial score (nSPS) is 18.3. The highest BCUT2D eigenvalue weighted by Gasteiger charge is 2.34. The maximum absolute atomic E-state index is 12.7. The monoisotopic (exact) mass is 325 g/mol. The number of benzene rings is 2. The molecular weight excluding hydrogens is 302 g/mol. The van der Waals surface area contributed by atoms with Crippen LogP contribution in [-0.4, -0.2) is 28.6 Å². The number of thioether (sulfide) groups is 1. The molecule has 2 atom stereocenters. The number of nitrogens with zero attached hydrogens (tertiary/aromatic N) is 1. The number of likely N-dealkylation sites (tertiary alicyclic amines) is 1. The van der Waals surface area contributed by atoms with Crippen molar-refractivity contribution >= 4 is 17.7 Å². The number of amides is 1. The van der Waals surface area contributed by atoms with Crippen LogP contribution in [0.25, 0.3) is 0 Å². The summed E-state index contributed by atoms with van der Waals surface area (Å²) in [6.45, 7) is 2.94. The molecule has 3 rings (SSSR count). The van der Waals surface area contributed by atoms with E-state index in [1.54, 1.807) is 11.8 Å². The van der Waals surface area contributed by atoms with Crippen molar-refractivity contribution < 1.29 is 4.79 Å². The van der Waals surface area contributed by atoms with Crippen molar-refractivity contribution in [2.24, 2.45) is 0 Å². The summed E-state index contributed by atoms with van der Waals surface area (Å²) in [6, 6.07) is 21.2. The first-order valence-corrected chi connectivity index (χ1v) is 9.29. The van der Waals surface area contributed by atoms with E-state index in [0.29, 0.717) is 6.04 Å². The molecule has 0 saturated carbocycles. The molecule has 0 aliphatic carbocycles. The summed E-state index contributed by atoms with van der Waals surface area (Å²) >= 11 is 1.73. The molecule has 1 saturated heterocycles. The van der Waals surface area contributed by atoms with Crippen LogP contribution < -0.4 is 0 Å². The lowest BCUT2D eigenvalue weighted by molar-refractivity contribution is -0.137. The predicted octanol–water partition coefficient (Wildman–Crippen LogP) is 4.15. The van der Waals surface area contributed by atoms with Crippen molar-refractivity contribution in [3.63, 3.8) is 0 Å². The molecule has 1 aliphatic rings. The van der Waals surface area contributed by atoms with E-state index in [1.807, 2.05) is 31.2 Å². The van der Waals surface area contributed by atoms with Gasteiger partial charge in [0.2, 0.25) is 5.91 Å². The van der Waals surface area contributed by atoms with Gasteiger partial charge in [0.25, 0.3) is 0 Å². The predicted molar refractivity (Wildman–Crippen MR) is 97.5 cm³/mol. The second kappa shape index (κ2) is 7.69. The number of hydrogen-bond donors (Lipinski definition) is 0. The molecule has 0 unspecified atom stereocenters. The van der Waals surface area contributed by atoms with Gasteiger partial charge in [-0.15, -0.1) is 11.8 Å². The molecule has 1 aliphatic heterocycles. The van der Waals surface area contributed by atoms with Crippen LogP contribution in [0.1, 0.15) is 24.5 Å². The Morgan fingerprint density at radius 3 is 2.26 bits per heavy atom.